The standard InChI is InChI=1S/C10H16N2/c1-8(2)9(7-11)10-5-3-4-6-12-10/h3-6,8-9H,7,11H2,1-2H3/t9-/m1/s1. The van der Waals surface area contributed by atoms with Crippen LogP contribution < -0.4 is 5.73 Å². The maximum absolute atomic E-state index is 5.67. The van der Waals surface area contributed by atoms with E-state index in [4.69, 9.17) is 5.73 Å². The highest BCUT2D eigenvalue weighted by Crippen LogP contribution is 2.20. The molecule has 2 N–H and O–H groups in total. The Kier molecular flexibility index (Phi) is 3.23. The Morgan fingerprint density at radius 3 is 2.58 bits per heavy atom. The molecule has 2 nitrogen and oxygen atoms in total. The van der Waals surface area contributed by atoms with Crippen molar-refractivity contribution in [2.75, 3.05) is 6.54 Å². The van der Waals surface area contributed by atoms with Crippen LogP contribution in [0.1, 0.15) is 25.5 Å². The van der Waals surface area contributed by atoms with E-state index in [2.05, 4.69) is 18.8 Å². The van der Waals surface area contributed by atoms with Crippen LogP contribution in [0.15, 0.2) is 24.4 Å². The largest absolute Gasteiger partial charge is 0.330 e. The second-order valence-electron chi connectivity index (χ2n) is 3.34. The van der Waals surface area contributed by atoms with Crippen LogP contribution in [0.3, 0.4) is 0 Å². The van der Waals surface area contributed by atoms with Crippen molar-refractivity contribution in [3.05, 3.63) is 30.1 Å². The van der Waals surface area contributed by atoms with Gasteiger partial charge in [0.1, 0.15) is 0 Å². The lowest BCUT2D eigenvalue weighted by Gasteiger charge is -2.17. The van der Waals surface area contributed by atoms with E-state index in [9.17, 15) is 0 Å². The van der Waals surface area contributed by atoms with Gasteiger partial charge in [-0.15, -0.1) is 0 Å². The van der Waals surface area contributed by atoms with Crippen LogP contribution in [-0.4, -0.2) is 11.5 Å². The first-order chi connectivity index (χ1) is 5.75. The Bertz CT molecular complexity index is 219. The monoisotopic (exact) mass is 164 g/mol. The SMILES string of the molecule is CC(C)[C@@H](CN)c1ccccn1. The van der Waals surface area contributed by atoms with Gasteiger partial charge < -0.3 is 5.73 Å². The van der Waals surface area contributed by atoms with E-state index in [1.807, 2.05) is 24.4 Å². The van der Waals surface area contributed by atoms with E-state index in [1.54, 1.807) is 0 Å². The predicted molar refractivity (Wildman–Crippen MR) is 50.9 cm³/mol. The zero-order valence-corrected chi connectivity index (χ0v) is 7.70. The summed E-state index contributed by atoms with van der Waals surface area (Å²) in [5, 5.41) is 0. The van der Waals surface area contributed by atoms with E-state index in [1.165, 1.54) is 0 Å². The van der Waals surface area contributed by atoms with Gasteiger partial charge in [-0.05, 0) is 18.1 Å². The second kappa shape index (κ2) is 4.21. The van der Waals surface area contributed by atoms with Crippen LogP contribution in [0, 0.1) is 5.92 Å². The van der Waals surface area contributed by atoms with E-state index >= 15 is 0 Å². The fourth-order valence-corrected chi connectivity index (χ4v) is 1.33. The highest BCUT2D eigenvalue weighted by molar-refractivity contribution is 5.10. The summed E-state index contributed by atoms with van der Waals surface area (Å²) in [6, 6.07) is 5.97. The first-order valence-corrected chi connectivity index (χ1v) is 4.36. The average molecular weight is 164 g/mol. The molecule has 2 heteroatoms. The minimum atomic E-state index is 0.395. The third-order valence-corrected chi connectivity index (χ3v) is 2.13. The van der Waals surface area contributed by atoms with Gasteiger partial charge >= 0.3 is 0 Å². The molecular weight excluding hydrogens is 148 g/mol. The molecule has 0 aliphatic carbocycles. The molecule has 0 saturated carbocycles. The third-order valence-electron chi connectivity index (χ3n) is 2.13. The molecule has 66 valence electrons. The van der Waals surface area contributed by atoms with Crippen LogP contribution in [0.5, 0.6) is 0 Å². The van der Waals surface area contributed by atoms with Crippen LogP contribution >= 0.6 is 0 Å². The van der Waals surface area contributed by atoms with Gasteiger partial charge in [0, 0.05) is 24.4 Å². The minimum Gasteiger partial charge on any atom is -0.330 e. The number of aromatic nitrogens is 1. The quantitative estimate of drug-likeness (QED) is 0.739. The summed E-state index contributed by atoms with van der Waals surface area (Å²) in [4.78, 5) is 4.29. The molecule has 0 unspecified atom stereocenters. The summed E-state index contributed by atoms with van der Waals surface area (Å²) < 4.78 is 0. The van der Waals surface area contributed by atoms with Crippen molar-refractivity contribution in [3.8, 4) is 0 Å². The lowest BCUT2D eigenvalue weighted by Crippen LogP contribution is -2.18. The maximum atomic E-state index is 5.67. The van der Waals surface area contributed by atoms with Crippen LogP contribution in [0.25, 0.3) is 0 Å². The maximum Gasteiger partial charge on any atom is 0.0449 e. The number of nitrogens with two attached hydrogens (primary N) is 1. The summed E-state index contributed by atoms with van der Waals surface area (Å²) in [6.45, 7) is 5.02. The van der Waals surface area contributed by atoms with Gasteiger partial charge in [-0.25, -0.2) is 0 Å². The van der Waals surface area contributed by atoms with E-state index in [0.717, 1.165) is 5.69 Å². The number of hydrogen-bond acceptors (Lipinski definition) is 2. The number of rotatable bonds is 3. The van der Waals surface area contributed by atoms with Gasteiger partial charge in [0.15, 0.2) is 0 Å². The number of nitrogens with zero attached hydrogens (tertiary/aromatic N) is 1. The number of hydrogen-bond donors (Lipinski definition) is 1. The molecule has 0 aliphatic rings. The summed E-state index contributed by atoms with van der Waals surface area (Å²) in [5.74, 6) is 0.955. The molecule has 0 fully saturated rings. The van der Waals surface area contributed by atoms with Gasteiger partial charge in [0.05, 0.1) is 0 Å². The second-order valence-corrected chi connectivity index (χ2v) is 3.34. The van der Waals surface area contributed by atoms with Crippen molar-refractivity contribution in [2.24, 2.45) is 11.7 Å². The molecule has 12 heavy (non-hydrogen) atoms. The Balaban J connectivity index is 2.80. The average Bonchev–Trinajstić information content (AvgIpc) is 2.07. The molecule has 1 atom stereocenters. The highest BCUT2D eigenvalue weighted by atomic mass is 14.7. The number of pyridine rings is 1. The third kappa shape index (κ3) is 2.05. The van der Waals surface area contributed by atoms with Crippen LogP contribution in [-0.2, 0) is 0 Å². The first kappa shape index (κ1) is 9.20. The van der Waals surface area contributed by atoms with Crippen molar-refractivity contribution in [3.63, 3.8) is 0 Å². The Morgan fingerprint density at radius 1 is 1.42 bits per heavy atom. The van der Waals surface area contributed by atoms with Gasteiger partial charge in [-0.1, -0.05) is 19.9 Å². The van der Waals surface area contributed by atoms with Crippen LogP contribution in [0.2, 0.25) is 0 Å². The molecule has 1 heterocycles. The van der Waals surface area contributed by atoms with Crippen molar-refractivity contribution in [1.29, 1.82) is 0 Å². The first-order valence-electron chi connectivity index (χ1n) is 4.36. The van der Waals surface area contributed by atoms with E-state index < -0.39 is 0 Å². The normalized spacial score (nSPS) is 13.3. The molecule has 0 bridgehead atoms. The summed E-state index contributed by atoms with van der Waals surface area (Å²) in [7, 11) is 0. The molecule has 1 aromatic heterocycles. The van der Waals surface area contributed by atoms with Gasteiger partial charge in [0.25, 0.3) is 0 Å². The summed E-state index contributed by atoms with van der Waals surface area (Å²) in [6.07, 6.45) is 1.82. The van der Waals surface area contributed by atoms with Crippen molar-refractivity contribution >= 4 is 0 Å². The molecule has 1 aromatic rings. The molecule has 0 aromatic carbocycles. The summed E-state index contributed by atoms with van der Waals surface area (Å²) >= 11 is 0. The topological polar surface area (TPSA) is 38.9 Å². The van der Waals surface area contributed by atoms with Crippen molar-refractivity contribution < 1.29 is 0 Å². The lowest BCUT2D eigenvalue weighted by molar-refractivity contribution is 0.496. The highest BCUT2D eigenvalue weighted by Gasteiger charge is 2.13. The predicted octanol–water partition coefficient (Wildman–Crippen LogP) is 1.78. The minimum absolute atomic E-state index is 0.395. The van der Waals surface area contributed by atoms with Gasteiger partial charge in [0.2, 0.25) is 0 Å². The fourth-order valence-electron chi connectivity index (χ4n) is 1.33. The van der Waals surface area contributed by atoms with E-state index in [-0.39, 0.29) is 0 Å². The van der Waals surface area contributed by atoms with Crippen molar-refractivity contribution in [1.82, 2.24) is 4.98 Å². The molecule has 0 aliphatic heterocycles. The molecule has 1 rings (SSSR count). The molecule has 0 saturated heterocycles. The Labute approximate surface area is 73.8 Å². The molecule has 0 spiro atoms. The van der Waals surface area contributed by atoms with E-state index in [0.29, 0.717) is 18.4 Å². The van der Waals surface area contributed by atoms with Gasteiger partial charge in [-0.3, -0.25) is 4.98 Å². The zero-order valence-electron chi connectivity index (χ0n) is 7.70. The fraction of sp³-hybridized carbons (Fsp3) is 0.500. The smallest absolute Gasteiger partial charge is 0.0449 e. The Hall–Kier alpha value is -0.890. The summed E-state index contributed by atoms with van der Waals surface area (Å²) in [5.41, 5.74) is 6.77. The zero-order chi connectivity index (χ0) is 8.97. The van der Waals surface area contributed by atoms with Crippen LogP contribution in [0.4, 0.5) is 0 Å². The molecule has 0 radical (unpaired) electrons. The van der Waals surface area contributed by atoms with Gasteiger partial charge in [-0.2, -0.15) is 0 Å². The molecular formula is C10H16N2. The lowest BCUT2D eigenvalue weighted by atomic mass is 9.92. The molecule has 0 amide bonds. The van der Waals surface area contributed by atoms with Crippen molar-refractivity contribution in [2.45, 2.75) is 19.8 Å². The Morgan fingerprint density at radius 2 is 2.17 bits per heavy atom.